The summed E-state index contributed by atoms with van der Waals surface area (Å²) in [5.41, 5.74) is 2.76. The molecule has 0 saturated heterocycles. The van der Waals surface area contributed by atoms with Crippen molar-refractivity contribution in [2.45, 2.75) is 33.3 Å². The van der Waals surface area contributed by atoms with E-state index in [1.165, 1.54) is 0 Å². The highest BCUT2D eigenvalue weighted by molar-refractivity contribution is 5.37. The summed E-state index contributed by atoms with van der Waals surface area (Å²) in [5, 5.41) is 10.6. The van der Waals surface area contributed by atoms with Gasteiger partial charge in [-0.05, 0) is 19.4 Å². The number of fused-ring (bicyclic) bond motifs is 1. The van der Waals surface area contributed by atoms with Crippen molar-refractivity contribution in [2.24, 2.45) is 11.3 Å². The van der Waals surface area contributed by atoms with Gasteiger partial charge in [0.1, 0.15) is 5.76 Å². The molecule has 2 heteroatoms. The number of aliphatic hydroxyl groups is 1. The van der Waals surface area contributed by atoms with Crippen LogP contribution in [0.2, 0.25) is 0 Å². The van der Waals surface area contributed by atoms with Gasteiger partial charge in [-0.15, -0.1) is 6.58 Å². The fraction of sp³-hybridized carbons (Fsp3) is 0.467. The zero-order chi connectivity index (χ0) is 12.8. The molecule has 1 heterocycles. The SMILES string of the molecule is C=CC1(C)Cc2occ(C)c2C(O)C1C(=C)C. The van der Waals surface area contributed by atoms with Gasteiger partial charge in [-0.25, -0.2) is 0 Å². The van der Waals surface area contributed by atoms with E-state index >= 15 is 0 Å². The zero-order valence-electron chi connectivity index (χ0n) is 10.8. The third-order valence-electron chi connectivity index (χ3n) is 3.96. The Balaban J connectivity index is 2.57. The molecule has 0 bridgehead atoms. The Bertz CT molecular complexity index is 469. The largest absolute Gasteiger partial charge is 0.469 e. The van der Waals surface area contributed by atoms with Gasteiger partial charge in [0.25, 0.3) is 0 Å². The fourth-order valence-electron chi connectivity index (χ4n) is 3.06. The molecule has 1 aromatic rings. The molecule has 92 valence electrons. The summed E-state index contributed by atoms with van der Waals surface area (Å²) in [7, 11) is 0. The van der Waals surface area contributed by atoms with Gasteiger partial charge < -0.3 is 9.52 Å². The minimum atomic E-state index is -0.544. The van der Waals surface area contributed by atoms with E-state index in [4.69, 9.17) is 4.42 Å². The Hall–Kier alpha value is -1.28. The van der Waals surface area contributed by atoms with Crippen molar-refractivity contribution in [3.63, 3.8) is 0 Å². The third kappa shape index (κ3) is 1.67. The quantitative estimate of drug-likeness (QED) is 0.791. The lowest BCUT2D eigenvalue weighted by Crippen LogP contribution is -2.37. The highest BCUT2D eigenvalue weighted by Gasteiger charge is 2.45. The Labute approximate surface area is 103 Å². The van der Waals surface area contributed by atoms with Crippen LogP contribution in [-0.4, -0.2) is 5.11 Å². The van der Waals surface area contributed by atoms with E-state index in [1.807, 2.05) is 19.9 Å². The summed E-state index contributed by atoms with van der Waals surface area (Å²) in [4.78, 5) is 0. The van der Waals surface area contributed by atoms with Crippen molar-refractivity contribution in [3.05, 3.63) is 48.0 Å². The number of hydrogen-bond donors (Lipinski definition) is 1. The molecule has 2 rings (SSSR count). The molecule has 1 aliphatic carbocycles. The van der Waals surface area contributed by atoms with Crippen LogP contribution in [0.1, 0.15) is 36.8 Å². The molecular formula is C15H20O2. The topological polar surface area (TPSA) is 33.4 Å². The second-order valence-corrected chi connectivity index (χ2v) is 5.41. The van der Waals surface area contributed by atoms with Gasteiger partial charge in [-0.2, -0.15) is 0 Å². The summed E-state index contributed by atoms with van der Waals surface area (Å²) < 4.78 is 5.55. The predicted octanol–water partition coefficient (Wildman–Crippen LogP) is 3.56. The molecule has 2 nitrogen and oxygen atoms in total. The van der Waals surface area contributed by atoms with Crippen LogP contribution in [0.4, 0.5) is 0 Å². The lowest BCUT2D eigenvalue weighted by atomic mass is 9.63. The number of aliphatic hydroxyl groups excluding tert-OH is 1. The van der Waals surface area contributed by atoms with E-state index in [9.17, 15) is 5.11 Å². The molecule has 0 saturated carbocycles. The number of rotatable bonds is 2. The summed E-state index contributed by atoms with van der Waals surface area (Å²) in [5.74, 6) is 0.888. The van der Waals surface area contributed by atoms with Crippen LogP contribution >= 0.6 is 0 Å². The molecule has 0 amide bonds. The summed E-state index contributed by atoms with van der Waals surface area (Å²) in [6, 6.07) is 0. The molecule has 0 spiro atoms. The maximum absolute atomic E-state index is 10.6. The van der Waals surface area contributed by atoms with Crippen LogP contribution in [0.3, 0.4) is 0 Å². The molecule has 0 fully saturated rings. The van der Waals surface area contributed by atoms with E-state index in [-0.39, 0.29) is 11.3 Å². The lowest BCUT2D eigenvalue weighted by molar-refractivity contribution is 0.0501. The van der Waals surface area contributed by atoms with Crippen LogP contribution in [0.15, 0.2) is 35.5 Å². The van der Waals surface area contributed by atoms with Crippen molar-refractivity contribution < 1.29 is 9.52 Å². The molecule has 0 aromatic carbocycles. The van der Waals surface area contributed by atoms with Gasteiger partial charge in [0.2, 0.25) is 0 Å². The van der Waals surface area contributed by atoms with Gasteiger partial charge in [-0.3, -0.25) is 0 Å². The monoisotopic (exact) mass is 232 g/mol. The standard InChI is InChI=1S/C15H20O2/c1-6-15(5)7-11-12(10(4)8-17-11)14(16)13(15)9(2)3/h6,8,13-14,16H,1-2,7H2,3-5H3. The van der Waals surface area contributed by atoms with Crippen molar-refractivity contribution >= 4 is 0 Å². The molecule has 0 aliphatic heterocycles. The molecule has 3 atom stereocenters. The number of furan rings is 1. The highest BCUT2D eigenvalue weighted by atomic mass is 16.3. The van der Waals surface area contributed by atoms with E-state index < -0.39 is 6.10 Å². The lowest BCUT2D eigenvalue weighted by Gasteiger charge is -2.42. The average molecular weight is 232 g/mol. The van der Waals surface area contributed by atoms with E-state index in [2.05, 4.69) is 20.1 Å². The Morgan fingerprint density at radius 1 is 1.65 bits per heavy atom. The average Bonchev–Trinajstić information content (AvgIpc) is 2.59. The van der Waals surface area contributed by atoms with Crippen LogP contribution in [-0.2, 0) is 6.42 Å². The minimum absolute atomic E-state index is 0.00352. The second-order valence-electron chi connectivity index (χ2n) is 5.41. The normalized spacial score (nSPS) is 32.0. The van der Waals surface area contributed by atoms with Crippen LogP contribution in [0, 0.1) is 18.3 Å². The molecule has 17 heavy (non-hydrogen) atoms. The summed E-state index contributed by atoms with van der Waals surface area (Å²) in [6.07, 6.45) is 3.86. The third-order valence-corrected chi connectivity index (χ3v) is 3.96. The summed E-state index contributed by atoms with van der Waals surface area (Å²) in [6.45, 7) is 14.0. The predicted molar refractivity (Wildman–Crippen MR) is 68.7 cm³/mol. The Kier molecular flexibility index (Phi) is 2.78. The second kappa shape index (κ2) is 3.88. The van der Waals surface area contributed by atoms with Gasteiger partial charge in [-0.1, -0.05) is 25.2 Å². The van der Waals surface area contributed by atoms with Gasteiger partial charge in [0.15, 0.2) is 0 Å². The van der Waals surface area contributed by atoms with Gasteiger partial charge in [0, 0.05) is 23.3 Å². The van der Waals surface area contributed by atoms with E-state index in [1.54, 1.807) is 6.26 Å². The first-order chi connectivity index (χ1) is 7.90. The molecular weight excluding hydrogens is 212 g/mol. The van der Waals surface area contributed by atoms with Crippen molar-refractivity contribution in [1.82, 2.24) is 0 Å². The molecule has 1 aromatic heterocycles. The van der Waals surface area contributed by atoms with Crippen molar-refractivity contribution in [1.29, 1.82) is 0 Å². The fourth-order valence-corrected chi connectivity index (χ4v) is 3.06. The maximum Gasteiger partial charge on any atom is 0.110 e. The van der Waals surface area contributed by atoms with Gasteiger partial charge in [0.05, 0.1) is 12.4 Å². The number of allylic oxidation sites excluding steroid dienone is 1. The minimum Gasteiger partial charge on any atom is -0.469 e. The highest BCUT2D eigenvalue weighted by Crippen LogP contribution is 2.50. The van der Waals surface area contributed by atoms with Crippen molar-refractivity contribution in [3.8, 4) is 0 Å². The maximum atomic E-state index is 10.6. The number of hydrogen-bond acceptors (Lipinski definition) is 2. The Morgan fingerprint density at radius 3 is 2.82 bits per heavy atom. The smallest absolute Gasteiger partial charge is 0.110 e. The molecule has 0 radical (unpaired) electrons. The first-order valence-corrected chi connectivity index (χ1v) is 5.94. The molecule has 1 aliphatic rings. The van der Waals surface area contributed by atoms with Crippen LogP contribution < -0.4 is 0 Å². The van der Waals surface area contributed by atoms with Crippen molar-refractivity contribution in [2.75, 3.05) is 0 Å². The van der Waals surface area contributed by atoms with E-state index in [0.29, 0.717) is 0 Å². The Morgan fingerprint density at radius 2 is 2.29 bits per heavy atom. The van der Waals surface area contributed by atoms with Crippen LogP contribution in [0.5, 0.6) is 0 Å². The van der Waals surface area contributed by atoms with Crippen LogP contribution in [0.25, 0.3) is 0 Å². The zero-order valence-corrected chi connectivity index (χ0v) is 10.8. The first-order valence-electron chi connectivity index (χ1n) is 5.94. The molecule has 3 unspecified atom stereocenters. The summed E-state index contributed by atoms with van der Waals surface area (Å²) >= 11 is 0. The number of aryl methyl sites for hydroxylation is 1. The van der Waals surface area contributed by atoms with Gasteiger partial charge >= 0.3 is 0 Å². The van der Waals surface area contributed by atoms with E-state index in [0.717, 1.165) is 28.9 Å². The molecule has 1 N–H and O–H groups in total. The first kappa shape index (κ1) is 12.2.